The first-order valence-corrected chi connectivity index (χ1v) is 14.8. The number of aromatic nitrogens is 2. The van der Waals surface area contributed by atoms with Crippen LogP contribution in [0.2, 0.25) is 0 Å². The molecule has 2 fully saturated rings. The standard InChI is InChI=1S/C30H41FN8O4/c1-30(2,3)43-29(41)39-11-7-10-22(19-39)34-25-16-26(36-27(35-25)23-17-33-24(31)18-32-23)37-12-14-38(15-13-37)28(40)42-20-21-8-5-4-6-9-21/h4-6,8-9,16-17,22,24,32-33H,7,10-15,18-20H2,1-3H3,(H,34,35,36)/t22-,24?/m1/s1. The van der Waals surface area contributed by atoms with Gasteiger partial charge in [0.15, 0.2) is 12.1 Å². The van der Waals surface area contributed by atoms with Crippen molar-refractivity contribution in [3.8, 4) is 0 Å². The zero-order valence-corrected chi connectivity index (χ0v) is 25.0. The van der Waals surface area contributed by atoms with E-state index in [0.29, 0.717) is 62.4 Å². The molecule has 4 heterocycles. The third-order valence-electron chi connectivity index (χ3n) is 7.33. The molecule has 1 aromatic carbocycles. The zero-order valence-electron chi connectivity index (χ0n) is 25.0. The van der Waals surface area contributed by atoms with Gasteiger partial charge < -0.3 is 40.1 Å². The van der Waals surface area contributed by atoms with Crippen molar-refractivity contribution in [3.05, 3.63) is 54.0 Å². The minimum Gasteiger partial charge on any atom is -0.445 e. The Morgan fingerprint density at radius 3 is 2.51 bits per heavy atom. The lowest BCUT2D eigenvalue weighted by molar-refractivity contribution is 0.0206. The quantitative estimate of drug-likeness (QED) is 0.427. The molecule has 2 amide bonds. The largest absolute Gasteiger partial charge is 0.445 e. The molecular formula is C30H41FN8O4. The van der Waals surface area contributed by atoms with E-state index in [0.717, 1.165) is 18.4 Å². The molecule has 5 rings (SSSR count). The first-order chi connectivity index (χ1) is 20.6. The molecule has 1 unspecified atom stereocenters. The summed E-state index contributed by atoms with van der Waals surface area (Å²) >= 11 is 0. The van der Waals surface area contributed by atoms with E-state index in [4.69, 9.17) is 19.4 Å². The molecule has 3 aliphatic heterocycles. The fraction of sp³-hybridized carbons (Fsp3) is 0.533. The lowest BCUT2D eigenvalue weighted by Crippen LogP contribution is -2.49. The van der Waals surface area contributed by atoms with Crippen LogP contribution in [0, 0.1) is 0 Å². The van der Waals surface area contributed by atoms with Gasteiger partial charge in [0, 0.05) is 57.6 Å². The Morgan fingerprint density at radius 1 is 1.05 bits per heavy atom. The smallest absolute Gasteiger partial charge is 0.410 e. The maximum Gasteiger partial charge on any atom is 0.410 e. The van der Waals surface area contributed by atoms with Crippen LogP contribution in [0.3, 0.4) is 0 Å². The van der Waals surface area contributed by atoms with Crippen LogP contribution in [0.1, 0.15) is 45.0 Å². The van der Waals surface area contributed by atoms with Crippen molar-refractivity contribution >= 4 is 29.5 Å². The number of anilines is 2. The van der Waals surface area contributed by atoms with Crippen molar-refractivity contribution in [2.45, 2.75) is 58.2 Å². The highest BCUT2D eigenvalue weighted by atomic mass is 19.1. The van der Waals surface area contributed by atoms with Gasteiger partial charge in [-0.05, 0) is 39.2 Å². The van der Waals surface area contributed by atoms with Gasteiger partial charge in [-0.15, -0.1) is 0 Å². The second-order valence-electron chi connectivity index (χ2n) is 11.9. The van der Waals surface area contributed by atoms with Gasteiger partial charge in [0.2, 0.25) is 0 Å². The number of amides is 2. The fourth-order valence-corrected chi connectivity index (χ4v) is 5.14. The highest BCUT2D eigenvalue weighted by Gasteiger charge is 2.29. The highest BCUT2D eigenvalue weighted by molar-refractivity contribution is 5.69. The molecule has 2 atom stereocenters. The second-order valence-corrected chi connectivity index (χ2v) is 11.9. The monoisotopic (exact) mass is 596 g/mol. The third-order valence-corrected chi connectivity index (χ3v) is 7.33. The predicted octanol–water partition coefficient (Wildman–Crippen LogP) is 3.53. The number of rotatable bonds is 6. The molecule has 1 aromatic heterocycles. The van der Waals surface area contributed by atoms with E-state index in [2.05, 4.69) is 20.9 Å². The molecule has 0 spiro atoms. The normalized spacial score (nSPS) is 20.8. The van der Waals surface area contributed by atoms with Crippen LogP contribution in [-0.4, -0.2) is 95.7 Å². The average Bonchev–Trinajstić information content (AvgIpc) is 3.00. The number of piperazine rings is 1. The summed E-state index contributed by atoms with van der Waals surface area (Å²) in [6, 6.07) is 11.4. The maximum atomic E-state index is 13.7. The van der Waals surface area contributed by atoms with Crippen LogP contribution in [0.25, 0.3) is 5.70 Å². The summed E-state index contributed by atoms with van der Waals surface area (Å²) in [5, 5.41) is 9.24. The van der Waals surface area contributed by atoms with E-state index in [1.807, 2.05) is 57.2 Å². The van der Waals surface area contributed by atoms with Crippen molar-refractivity contribution in [1.82, 2.24) is 30.4 Å². The second kappa shape index (κ2) is 13.3. The molecule has 2 aromatic rings. The molecule has 0 radical (unpaired) electrons. The van der Waals surface area contributed by atoms with Gasteiger partial charge in [-0.1, -0.05) is 30.3 Å². The van der Waals surface area contributed by atoms with E-state index in [1.54, 1.807) is 16.0 Å². The van der Waals surface area contributed by atoms with E-state index < -0.39 is 11.9 Å². The summed E-state index contributed by atoms with van der Waals surface area (Å²) in [5.41, 5.74) is 0.958. The summed E-state index contributed by atoms with van der Waals surface area (Å²) in [4.78, 5) is 40.4. The first-order valence-electron chi connectivity index (χ1n) is 14.8. The lowest BCUT2D eigenvalue weighted by atomic mass is 10.1. The molecule has 232 valence electrons. The summed E-state index contributed by atoms with van der Waals surface area (Å²) in [7, 11) is 0. The van der Waals surface area contributed by atoms with Gasteiger partial charge in [0.1, 0.15) is 23.8 Å². The number of carbonyl (C=O) groups is 2. The number of halogens is 1. The fourth-order valence-electron chi connectivity index (χ4n) is 5.14. The highest BCUT2D eigenvalue weighted by Crippen LogP contribution is 2.24. The predicted molar refractivity (Wildman–Crippen MR) is 161 cm³/mol. The number of hydrogen-bond acceptors (Lipinski definition) is 10. The lowest BCUT2D eigenvalue weighted by Gasteiger charge is -2.36. The van der Waals surface area contributed by atoms with E-state index in [9.17, 15) is 14.0 Å². The van der Waals surface area contributed by atoms with Crippen molar-refractivity contribution in [2.24, 2.45) is 0 Å². The van der Waals surface area contributed by atoms with Crippen LogP contribution in [0.15, 0.2) is 42.6 Å². The number of benzene rings is 1. The molecule has 3 aliphatic rings. The molecule has 3 N–H and O–H groups in total. The zero-order chi connectivity index (χ0) is 30.4. The number of likely N-dealkylation sites (tertiary alicyclic amines) is 1. The Morgan fingerprint density at radius 2 is 1.81 bits per heavy atom. The minimum atomic E-state index is -1.19. The summed E-state index contributed by atoms with van der Waals surface area (Å²) < 4.78 is 24.8. The maximum absolute atomic E-state index is 13.7. The SMILES string of the molecule is CC(C)(C)OC(=O)N1CCC[C@@H](Nc2cc(N3CCN(C(=O)OCc4ccccc4)CC3)nc(C3=CNC(F)CN3)n2)C1. The molecule has 0 aliphatic carbocycles. The van der Waals surface area contributed by atoms with Gasteiger partial charge in [0.05, 0.1) is 12.2 Å². The summed E-state index contributed by atoms with van der Waals surface area (Å²) in [6.45, 7) is 9.10. The average molecular weight is 597 g/mol. The summed E-state index contributed by atoms with van der Waals surface area (Å²) in [6.07, 6.45) is 1.38. The van der Waals surface area contributed by atoms with Gasteiger partial charge in [-0.3, -0.25) is 0 Å². The minimum absolute atomic E-state index is 0.0326. The van der Waals surface area contributed by atoms with E-state index in [1.165, 1.54) is 0 Å². The Labute approximate surface area is 251 Å². The van der Waals surface area contributed by atoms with Crippen LogP contribution < -0.4 is 20.9 Å². The molecule has 2 saturated heterocycles. The van der Waals surface area contributed by atoms with Crippen LogP contribution in [0.4, 0.5) is 25.6 Å². The number of hydrogen-bond donors (Lipinski definition) is 3. The molecule has 0 saturated carbocycles. The van der Waals surface area contributed by atoms with Gasteiger partial charge >= 0.3 is 12.2 Å². The number of carbonyl (C=O) groups excluding carboxylic acids is 2. The van der Waals surface area contributed by atoms with Crippen molar-refractivity contribution < 1.29 is 23.5 Å². The Kier molecular flexibility index (Phi) is 9.37. The van der Waals surface area contributed by atoms with Crippen LogP contribution in [-0.2, 0) is 16.1 Å². The molecular weight excluding hydrogens is 555 g/mol. The molecule has 0 bridgehead atoms. The van der Waals surface area contributed by atoms with Crippen LogP contribution >= 0.6 is 0 Å². The number of nitrogens with zero attached hydrogens (tertiary/aromatic N) is 5. The number of ether oxygens (including phenoxy) is 2. The van der Waals surface area contributed by atoms with Gasteiger partial charge in [-0.2, -0.15) is 0 Å². The topological polar surface area (TPSA) is 124 Å². The molecule has 43 heavy (non-hydrogen) atoms. The number of piperidine rings is 1. The number of nitrogens with one attached hydrogen (secondary N) is 3. The van der Waals surface area contributed by atoms with Crippen molar-refractivity contribution in [2.75, 3.05) is 56.0 Å². The molecule has 13 heteroatoms. The number of alkyl halides is 1. The van der Waals surface area contributed by atoms with Gasteiger partial charge in [-0.25, -0.2) is 23.9 Å². The van der Waals surface area contributed by atoms with Gasteiger partial charge in [0.25, 0.3) is 0 Å². The van der Waals surface area contributed by atoms with E-state index >= 15 is 0 Å². The van der Waals surface area contributed by atoms with Crippen molar-refractivity contribution in [3.63, 3.8) is 0 Å². The third kappa shape index (κ3) is 8.39. The van der Waals surface area contributed by atoms with Crippen molar-refractivity contribution in [1.29, 1.82) is 0 Å². The van der Waals surface area contributed by atoms with E-state index in [-0.39, 0.29) is 31.4 Å². The molecule has 12 nitrogen and oxygen atoms in total. The first kappa shape index (κ1) is 30.2. The van der Waals surface area contributed by atoms with Crippen LogP contribution in [0.5, 0.6) is 0 Å². The summed E-state index contributed by atoms with van der Waals surface area (Å²) in [5.74, 6) is 1.71. The Bertz CT molecular complexity index is 1300. The Balaban J connectivity index is 1.26. The Hall–Kier alpha value is -4.29.